The summed E-state index contributed by atoms with van der Waals surface area (Å²) in [5.74, 6) is -1.66. The van der Waals surface area contributed by atoms with Crippen LogP contribution < -0.4 is 0 Å². The molecule has 0 aromatic heterocycles. The maximum atomic E-state index is 12.7. The van der Waals surface area contributed by atoms with Gasteiger partial charge in [0.25, 0.3) is 0 Å². The van der Waals surface area contributed by atoms with Gasteiger partial charge < -0.3 is 19.7 Å². The van der Waals surface area contributed by atoms with Crippen LogP contribution in [-0.4, -0.2) is 47.6 Å². The highest BCUT2D eigenvalue weighted by atomic mass is 16.5. The van der Waals surface area contributed by atoms with Crippen LogP contribution in [0.1, 0.15) is 47.0 Å². The standard InChI is InChI=1S/C24H34O6/c1-6-7-8-9-10-12-19(26)30-18-15-17(16-25)24(28,21(27)29-5)23(4)14-11-13-22(2,3)20(18)23/h6-10,12,15,18,20,25,28H,11,13-14,16H2,1-5H3/b7-6+,9-8+,12-10+/t18-,20+,23+,24+/m1/s1. The zero-order valence-electron chi connectivity index (χ0n) is 18.6. The number of allylic oxidation sites excluding steroid dienone is 5. The zero-order valence-corrected chi connectivity index (χ0v) is 18.6. The molecule has 0 radical (unpaired) electrons. The highest BCUT2D eigenvalue weighted by molar-refractivity contribution is 5.86. The molecular weight excluding hydrogens is 384 g/mol. The number of aliphatic hydroxyl groups is 2. The van der Waals surface area contributed by atoms with Gasteiger partial charge in [-0.25, -0.2) is 9.59 Å². The number of carbonyl (C=O) groups is 2. The minimum Gasteiger partial charge on any atom is -0.467 e. The SMILES string of the molecule is C/C=C/C=C/C=C/C(=O)O[C@@H]1C=C(CO)[C@](O)(C(=O)OC)[C@@]2(C)CCCC(C)(C)[C@H]12. The molecule has 6 nitrogen and oxygen atoms in total. The molecule has 0 unspecified atom stereocenters. The number of fused-ring (bicyclic) bond motifs is 1. The number of rotatable bonds is 6. The predicted octanol–water partition coefficient (Wildman–Crippen LogP) is 3.26. The fourth-order valence-electron chi connectivity index (χ4n) is 5.41. The first-order valence-electron chi connectivity index (χ1n) is 10.4. The number of ether oxygens (including phenoxy) is 2. The van der Waals surface area contributed by atoms with Crippen molar-refractivity contribution in [2.24, 2.45) is 16.7 Å². The van der Waals surface area contributed by atoms with Crippen LogP contribution in [0.25, 0.3) is 0 Å². The summed E-state index contributed by atoms with van der Waals surface area (Å²) in [6.07, 6.45) is 13.2. The molecule has 2 N–H and O–H groups in total. The third-order valence-corrected chi connectivity index (χ3v) is 6.69. The van der Waals surface area contributed by atoms with E-state index in [9.17, 15) is 19.8 Å². The summed E-state index contributed by atoms with van der Waals surface area (Å²) < 4.78 is 10.7. The number of methoxy groups -OCH3 is 1. The number of hydrogen-bond donors (Lipinski definition) is 2. The van der Waals surface area contributed by atoms with E-state index < -0.39 is 35.7 Å². The largest absolute Gasteiger partial charge is 0.467 e. The van der Waals surface area contributed by atoms with Gasteiger partial charge in [0.2, 0.25) is 0 Å². The molecule has 1 fully saturated rings. The Balaban J connectivity index is 2.48. The van der Waals surface area contributed by atoms with Gasteiger partial charge in [0.15, 0.2) is 5.60 Å². The summed E-state index contributed by atoms with van der Waals surface area (Å²) in [5, 5.41) is 21.6. The maximum absolute atomic E-state index is 12.7. The molecule has 2 aliphatic carbocycles. The fraction of sp³-hybridized carbons (Fsp3) is 0.583. The molecule has 6 heteroatoms. The van der Waals surface area contributed by atoms with E-state index in [1.165, 1.54) is 19.3 Å². The Bertz CT molecular complexity index is 775. The number of carbonyl (C=O) groups excluding carboxylic acids is 2. The number of hydrogen-bond acceptors (Lipinski definition) is 6. The van der Waals surface area contributed by atoms with Crippen molar-refractivity contribution in [1.82, 2.24) is 0 Å². The van der Waals surface area contributed by atoms with Crippen molar-refractivity contribution in [2.45, 2.75) is 58.7 Å². The average Bonchev–Trinajstić information content (AvgIpc) is 2.68. The Morgan fingerprint density at radius 3 is 2.43 bits per heavy atom. The smallest absolute Gasteiger partial charge is 0.342 e. The topological polar surface area (TPSA) is 93.1 Å². The van der Waals surface area contributed by atoms with Crippen molar-refractivity contribution in [2.75, 3.05) is 13.7 Å². The van der Waals surface area contributed by atoms with Crippen LogP contribution in [0.3, 0.4) is 0 Å². The monoisotopic (exact) mass is 418 g/mol. The van der Waals surface area contributed by atoms with E-state index in [0.29, 0.717) is 6.42 Å². The zero-order chi connectivity index (χ0) is 22.6. The molecule has 0 spiro atoms. The first kappa shape index (κ1) is 24.1. The summed E-state index contributed by atoms with van der Waals surface area (Å²) in [6.45, 7) is 7.30. The third-order valence-electron chi connectivity index (χ3n) is 6.69. The van der Waals surface area contributed by atoms with E-state index in [1.54, 1.807) is 18.2 Å². The Hall–Kier alpha value is -2.18. The highest BCUT2D eigenvalue weighted by Crippen LogP contribution is 2.61. The Kier molecular flexibility index (Phi) is 7.48. The van der Waals surface area contributed by atoms with Crippen LogP contribution in [0.15, 0.2) is 48.1 Å². The predicted molar refractivity (Wildman–Crippen MR) is 114 cm³/mol. The Morgan fingerprint density at radius 2 is 1.83 bits per heavy atom. The first-order chi connectivity index (χ1) is 14.1. The molecule has 1 saturated carbocycles. The highest BCUT2D eigenvalue weighted by Gasteiger charge is 2.67. The second-order valence-electron chi connectivity index (χ2n) is 8.96. The van der Waals surface area contributed by atoms with Gasteiger partial charge in [0.05, 0.1) is 13.7 Å². The van der Waals surface area contributed by atoms with Crippen LogP contribution in [0.4, 0.5) is 0 Å². The molecule has 2 aliphatic rings. The average molecular weight is 419 g/mol. The van der Waals surface area contributed by atoms with E-state index >= 15 is 0 Å². The fourth-order valence-corrected chi connectivity index (χ4v) is 5.41. The quantitative estimate of drug-likeness (QED) is 0.298. The lowest BCUT2D eigenvalue weighted by Gasteiger charge is -2.60. The van der Waals surface area contributed by atoms with Crippen LogP contribution in [0.5, 0.6) is 0 Å². The lowest BCUT2D eigenvalue weighted by Crippen LogP contribution is -2.67. The Morgan fingerprint density at radius 1 is 1.17 bits per heavy atom. The molecule has 166 valence electrons. The van der Waals surface area contributed by atoms with Crippen LogP contribution in [0, 0.1) is 16.7 Å². The van der Waals surface area contributed by atoms with Gasteiger partial charge in [-0.1, -0.05) is 57.6 Å². The minimum atomic E-state index is -1.98. The van der Waals surface area contributed by atoms with Crippen LogP contribution in [-0.2, 0) is 19.1 Å². The van der Waals surface area contributed by atoms with Crippen molar-refractivity contribution in [3.63, 3.8) is 0 Å². The van der Waals surface area contributed by atoms with Crippen molar-refractivity contribution in [3.8, 4) is 0 Å². The third kappa shape index (κ3) is 4.16. The summed E-state index contributed by atoms with van der Waals surface area (Å²) in [6, 6.07) is 0. The van der Waals surface area contributed by atoms with E-state index in [-0.39, 0.29) is 16.9 Å². The second kappa shape index (κ2) is 9.31. The van der Waals surface area contributed by atoms with Crippen molar-refractivity contribution in [3.05, 3.63) is 48.1 Å². The lowest BCUT2D eigenvalue weighted by atomic mass is 9.46. The number of esters is 2. The van der Waals surface area contributed by atoms with E-state index in [4.69, 9.17) is 9.47 Å². The number of aliphatic hydroxyl groups excluding tert-OH is 1. The summed E-state index contributed by atoms with van der Waals surface area (Å²) in [4.78, 5) is 25.2. The molecule has 4 atom stereocenters. The normalized spacial score (nSPS) is 33.5. The lowest BCUT2D eigenvalue weighted by molar-refractivity contribution is -0.206. The van der Waals surface area contributed by atoms with Crippen LogP contribution >= 0.6 is 0 Å². The maximum Gasteiger partial charge on any atom is 0.342 e. The van der Waals surface area contributed by atoms with Crippen molar-refractivity contribution >= 4 is 11.9 Å². The van der Waals surface area contributed by atoms with Gasteiger partial charge in [0, 0.05) is 17.4 Å². The van der Waals surface area contributed by atoms with E-state index in [0.717, 1.165) is 12.8 Å². The Labute approximate surface area is 179 Å². The van der Waals surface area contributed by atoms with Gasteiger partial charge in [-0.15, -0.1) is 0 Å². The van der Waals surface area contributed by atoms with Gasteiger partial charge in [-0.2, -0.15) is 0 Å². The molecule has 30 heavy (non-hydrogen) atoms. The van der Waals surface area contributed by atoms with Crippen molar-refractivity contribution in [1.29, 1.82) is 0 Å². The molecule has 0 bridgehead atoms. The second-order valence-corrected chi connectivity index (χ2v) is 8.96. The molecule has 0 aromatic carbocycles. The molecule has 2 rings (SSSR count). The molecular formula is C24H34O6. The van der Waals surface area contributed by atoms with Gasteiger partial charge in [0.1, 0.15) is 6.10 Å². The summed E-state index contributed by atoms with van der Waals surface area (Å²) in [7, 11) is 1.22. The van der Waals surface area contributed by atoms with Gasteiger partial charge in [-0.3, -0.25) is 0 Å². The molecule has 0 aromatic rings. The molecule has 0 aliphatic heterocycles. The van der Waals surface area contributed by atoms with E-state index in [2.05, 4.69) is 13.8 Å². The molecule has 0 saturated heterocycles. The van der Waals surface area contributed by atoms with Gasteiger partial charge >= 0.3 is 11.9 Å². The summed E-state index contributed by atoms with van der Waals surface area (Å²) in [5.41, 5.74) is -3.14. The van der Waals surface area contributed by atoms with Crippen LogP contribution in [0.2, 0.25) is 0 Å². The van der Waals surface area contributed by atoms with Gasteiger partial charge in [-0.05, 0) is 36.8 Å². The molecule has 0 heterocycles. The van der Waals surface area contributed by atoms with E-state index in [1.807, 2.05) is 26.0 Å². The summed E-state index contributed by atoms with van der Waals surface area (Å²) >= 11 is 0. The molecule has 0 amide bonds. The minimum absolute atomic E-state index is 0.112. The van der Waals surface area contributed by atoms with Crippen molar-refractivity contribution < 1.29 is 29.3 Å². The first-order valence-corrected chi connectivity index (χ1v) is 10.4.